The molecule has 1 aromatic carbocycles. The minimum absolute atomic E-state index is 0.0741. The summed E-state index contributed by atoms with van der Waals surface area (Å²) in [7, 11) is 0. The molecule has 1 heterocycles. The van der Waals surface area contributed by atoms with Crippen LogP contribution in [0.4, 0.5) is 17.6 Å². The highest BCUT2D eigenvalue weighted by molar-refractivity contribution is 6.30. The molecule has 2 nitrogen and oxygen atoms in total. The van der Waals surface area contributed by atoms with Crippen molar-refractivity contribution in [2.24, 2.45) is 5.41 Å². The molecule has 1 N–H and O–H groups in total. The summed E-state index contributed by atoms with van der Waals surface area (Å²) in [6, 6.07) is 3.57. The Kier molecular flexibility index (Phi) is 4.07. The first-order valence-corrected chi connectivity index (χ1v) is 6.39. The van der Waals surface area contributed by atoms with E-state index in [4.69, 9.17) is 11.6 Å². The molecule has 0 aromatic heterocycles. The monoisotopic (exact) mass is 309 g/mol. The highest BCUT2D eigenvalue weighted by atomic mass is 35.5. The van der Waals surface area contributed by atoms with Gasteiger partial charge in [-0.1, -0.05) is 17.7 Å². The highest BCUT2D eigenvalue weighted by Gasteiger charge is 2.60. The highest BCUT2D eigenvalue weighted by Crippen LogP contribution is 2.44. The Bertz CT molecular complexity index is 524. The molecule has 1 saturated heterocycles. The summed E-state index contributed by atoms with van der Waals surface area (Å²) in [6.07, 6.45) is -5.55. The average Bonchev–Trinajstić information content (AvgIpc) is 2.82. The van der Waals surface area contributed by atoms with Crippen LogP contribution in [-0.2, 0) is 11.2 Å². The lowest BCUT2D eigenvalue weighted by atomic mass is 9.79. The molecule has 1 aliphatic heterocycles. The van der Waals surface area contributed by atoms with Gasteiger partial charge >= 0.3 is 6.18 Å². The lowest BCUT2D eigenvalue weighted by molar-refractivity contribution is -0.214. The molecule has 2 rings (SSSR count). The summed E-state index contributed by atoms with van der Waals surface area (Å²) in [5.74, 6) is -1.79. The minimum Gasteiger partial charge on any atom is -0.315 e. The van der Waals surface area contributed by atoms with Crippen molar-refractivity contribution < 1.29 is 22.4 Å². The van der Waals surface area contributed by atoms with Crippen LogP contribution in [0.5, 0.6) is 0 Å². The summed E-state index contributed by atoms with van der Waals surface area (Å²) in [5, 5.41) is 2.69. The van der Waals surface area contributed by atoms with Gasteiger partial charge in [0.25, 0.3) is 0 Å². The Morgan fingerprint density at radius 1 is 1.40 bits per heavy atom. The number of ketones is 1. The summed E-state index contributed by atoms with van der Waals surface area (Å²) >= 11 is 5.57. The zero-order chi connectivity index (χ0) is 15.0. The Morgan fingerprint density at radius 3 is 2.60 bits per heavy atom. The van der Waals surface area contributed by atoms with Gasteiger partial charge in [0.05, 0.1) is 0 Å². The van der Waals surface area contributed by atoms with Gasteiger partial charge in [-0.15, -0.1) is 0 Å². The maximum Gasteiger partial charge on any atom is 0.402 e. The molecular formula is C13H12ClF4NO. The first-order valence-electron chi connectivity index (χ1n) is 6.01. The third kappa shape index (κ3) is 2.67. The third-order valence-corrected chi connectivity index (χ3v) is 3.83. The van der Waals surface area contributed by atoms with Crippen molar-refractivity contribution in [1.29, 1.82) is 0 Å². The van der Waals surface area contributed by atoms with Crippen LogP contribution in [0.3, 0.4) is 0 Å². The normalized spacial score (nSPS) is 23.1. The van der Waals surface area contributed by atoms with E-state index in [9.17, 15) is 22.4 Å². The van der Waals surface area contributed by atoms with Crippen molar-refractivity contribution in [2.45, 2.75) is 19.0 Å². The van der Waals surface area contributed by atoms with Crippen LogP contribution in [0.15, 0.2) is 18.2 Å². The Balaban J connectivity index is 2.26. The van der Waals surface area contributed by atoms with Crippen LogP contribution in [0.25, 0.3) is 0 Å². The molecule has 7 heteroatoms. The van der Waals surface area contributed by atoms with Crippen LogP contribution < -0.4 is 5.32 Å². The smallest absolute Gasteiger partial charge is 0.315 e. The number of benzene rings is 1. The Hall–Kier alpha value is -1.14. The van der Waals surface area contributed by atoms with Crippen LogP contribution in [0, 0.1) is 11.2 Å². The zero-order valence-electron chi connectivity index (χ0n) is 10.4. The summed E-state index contributed by atoms with van der Waals surface area (Å²) < 4.78 is 53.1. The van der Waals surface area contributed by atoms with E-state index in [1.54, 1.807) is 0 Å². The first kappa shape index (κ1) is 15.3. The van der Waals surface area contributed by atoms with Gasteiger partial charge in [0.1, 0.15) is 11.2 Å². The number of hydrogen-bond donors (Lipinski definition) is 1. The van der Waals surface area contributed by atoms with Crippen molar-refractivity contribution in [3.05, 3.63) is 34.6 Å². The molecule has 110 valence electrons. The SMILES string of the molecule is O=C(Cc1ccc(Cl)cc1F)C1(C(F)(F)F)CCNC1. The summed E-state index contributed by atoms with van der Waals surface area (Å²) in [6.45, 7) is -0.334. The number of Topliss-reactive ketones (excluding diaryl/α,β-unsaturated/α-hetero) is 1. The number of halogens is 5. The third-order valence-electron chi connectivity index (χ3n) is 3.60. The van der Waals surface area contributed by atoms with Crippen LogP contribution in [-0.4, -0.2) is 25.0 Å². The van der Waals surface area contributed by atoms with Crippen LogP contribution in [0.1, 0.15) is 12.0 Å². The second kappa shape index (κ2) is 5.33. The molecule has 1 atom stereocenters. The van der Waals surface area contributed by atoms with Gasteiger partial charge in [-0.2, -0.15) is 13.2 Å². The van der Waals surface area contributed by atoms with Gasteiger partial charge in [-0.25, -0.2) is 4.39 Å². The second-order valence-electron chi connectivity index (χ2n) is 4.84. The number of rotatable bonds is 3. The fourth-order valence-electron chi connectivity index (χ4n) is 2.34. The molecule has 1 aliphatic rings. The second-order valence-corrected chi connectivity index (χ2v) is 5.28. The van der Waals surface area contributed by atoms with Crippen molar-refractivity contribution in [1.82, 2.24) is 5.32 Å². The molecule has 20 heavy (non-hydrogen) atoms. The summed E-state index contributed by atoms with van der Waals surface area (Å²) in [5.41, 5.74) is -2.49. The van der Waals surface area contributed by atoms with Gasteiger partial charge < -0.3 is 5.32 Å². The van der Waals surface area contributed by atoms with Crippen LogP contribution in [0.2, 0.25) is 5.02 Å². The van der Waals surface area contributed by atoms with Crippen molar-refractivity contribution >= 4 is 17.4 Å². The van der Waals surface area contributed by atoms with Gasteiger partial charge in [0.2, 0.25) is 0 Å². The molecule has 0 saturated carbocycles. The van der Waals surface area contributed by atoms with E-state index in [2.05, 4.69) is 5.32 Å². The molecule has 0 aliphatic carbocycles. The van der Waals surface area contributed by atoms with E-state index in [0.29, 0.717) is 0 Å². The lowest BCUT2D eigenvalue weighted by Crippen LogP contribution is -2.47. The lowest BCUT2D eigenvalue weighted by Gasteiger charge is -2.29. The average molecular weight is 310 g/mol. The molecule has 0 bridgehead atoms. The first-order chi connectivity index (χ1) is 9.26. The van der Waals surface area contributed by atoms with E-state index in [-0.39, 0.29) is 23.6 Å². The van der Waals surface area contributed by atoms with Crippen molar-refractivity contribution in [3.63, 3.8) is 0 Å². The van der Waals surface area contributed by atoms with Crippen molar-refractivity contribution in [2.75, 3.05) is 13.1 Å². The van der Waals surface area contributed by atoms with Gasteiger partial charge in [0.15, 0.2) is 5.78 Å². The van der Waals surface area contributed by atoms with Gasteiger partial charge in [-0.3, -0.25) is 4.79 Å². The van der Waals surface area contributed by atoms with Crippen molar-refractivity contribution in [3.8, 4) is 0 Å². The van der Waals surface area contributed by atoms with Gasteiger partial charge in [-0.05, 0) is 30.7 Å². The fraction of sp³-hybridized carbons (Fsp3) is 0.462. The van der Waals surface area contributed by atoms with Gasteiger partial charge in [0, 0.05) is 18.0 Å². The number of nitrogens with one attached hydrogen (secondary N) is 1. The maximum absolute atomic E-state index is 13.6. The van der Waals surface area contributed by atoms with E-state index in [1.165, 1.54) is 12.1 Å². The maximum atomic E-state index is 13.6. The number of carbonyl (C=O) groups excluding carboxylic acids is 1. The summed E-state index contributed by atoms with van der Waals surface area (Å²) in [4.78, 5) is 12.1. The molecular weight excluding hydrogens is 298 g/mol. The van der Waals surface area contributed by atoms with E-state index >= 15 is 0 Å². The number of carbonyl (C=O) groups is 1. The molecule has 0 amide bonds. The molecule has 1 aromatic rings. The molecule has 1 fully saturated rings. The molecule has 0 spiro atoms. The predicted molar refractivity (Wildman–Crippen MR) is 66.1 cm³/mol. The standard InChI is InChI=1S/C13H12ClF4NO/c14-9-2-1-8(10(15)6-9)5-11(20)12(13(16,17)18)3-4-19-7-12/h1-2,6,19H,3-5,7H2. The largest absolute Gasteiger partial charge is 0.402 e. The minimum atomic E-state index is -4.64. The topological polar surface area (TPSA) is 29.1 Å². The predicted octanol–water partition coefficient (Wildman–Crippen LogP) is 3.13. The fourth-order valence-corrected chi connectivity index (χ4v) is 2.50. The van der Waals surface area contributed by atoms with E-state index < -0.39 is 36.2 Å². The molecule has 0 radical (unpaired) electrons. The number of alkyl halides is 3. The Labute approximate surface area is 118 Å². The van der Waals surface area contributed by atoms with Crippen LogP contribution >= 0.6 is 11.6 Å². The Morgan fingerprint density at radius 2 is 2.10 bits per heavy atom. The zero-order valence-corrected chi connectivity index (χ0v) is 11.1. The quantitative estimate of drug-likeness (QED) is 0.869. The number of hydrogen-bond acceptors (Lipinski definition) is 2. The molecule has 1 unspecified atom stereocenters. The van der Waals surface area contributed by atoms with E-state index in [1.807, 2.05) is 0 Å². The van der Waals surface area contributed by atoms with E-state index in [0.717, 1.165) is 6.07 Å².